The first-order valence-corrected chi connectivity index (χ1v) is 6.80. The summed E-state index contributed by atoms with van der Waals surface area (Å²) in [7, 11) is 0. The van der Waals surface area contributed by atoms with E-state index in [2.05, 4.69) is 15.9 Å². The van der Waals surface area contributed by atoms with Crippen LogP contribution in [0.15, 0.2) is 57.4 Å². The van der Waals surface area contributed by atoms with Crippen molar-refractivity contribution in [2.45, 2.75) is 0 Å². The molecule has 0 spiro atoms. The number of furan rings is 1. The maximum atomic E-state index is 12.4. The highest BCUT2D eigenvalue weighted by Gasteiger charge is 2.17. The van der Waals surface area contributed by atoms with Gasteiger partial charge in [0.1, 0.15) is 5.58 Å². The van der Waals surface area contributed by atoms with Gasteiger partial charge in [-0.1, -0.05) is 45.7 Å². The van der Waals surface area contributed by atoms with Gasteiger partial charge in [0.15, 0.2) is 5.76 Å². The summed E-state index contributed by atoms with van der Waals surface area (Å²) in [6.07, 6.45) is 0. The van der Waals surface area contributed by atoms with Crippen LogP contribution in [-0.2, 0) is 0 Å². The summed E-state index contributed by atoms with van der Waals surface area (Å²) in [4.78, 5) is 12.4. The molecule has 19 heavy (non-hydrogen) atoms. The fourth-order valence-corrected chi connectivity index (χ4v) is 2.46. The van der Waals surface area contributed by atoms with E-state index in [-0.39, 0.29) is 5.78 Å². The Morgan fingerprint density at radius 1 is 1.11 bits per heavy atom. The predicted molar refractivity (Wildman–Crippen MR) is 78.8 cm³/mol. The summed E-state index contributed by atoms with van der Waals surface area (Å²) in [5.74, 6) is 0.0729. The standard InChI is InChI=1S/C15H8BrClO2/c16-10-5-6-12(17)11(8-10)15(18)14-7-9-3-1-2-4-13(9)19-14/h1-8H. The van der Waals surface area contributed by atoms with Gasteiger partial charge in [-0.3, -0.25) is 4.79 Å². The van der Waals surface area contributed by atoms with Gasteiger partial charge in [-0.25, -0.2) is 0 Å². The third-order valence-electron chi connectivity index (χ3n) is 2.82. The molecular weight excluding hydrogens is 328 g/mol. The second kappa shape index (κ2) is 4.83. The summed E-state index contributed by atoms with van der Waals surface area (Å²) >= 11 is 9.39. The summed E-state index contributed by atoms with van der Waals surface area (Å²) in [5.41, 5.74) is 1.12. The lowest BCUT2D eigenvalue weighted by Crippen LogP contribution is -2.00. The number of hydrogen-bond donors (Lipinski definition) is 0. The topological polar surface area (TPSA) is 30.2 Å². The fraction of sp³-hybridized carbons (Fsp3) is 0. The number of ketones is 1. The Morgan fingerprint density at radius 2 is 1.89 bits per heavy atom. The number of para-hydroxylation sites is 1. The molecule has 0 aliphatic rings. The predicted octanol–water partition coefficient (Wildman–Crippen LogP) is 5.08. The number of rotatable bonds is 2. The van der Waals surface area contributed by atoms with Crippen LogP contribution in [0.5, 0.6) is 0 Å². The highest BCUT2D eigenvalue weighted by atomic mass is 79.9. The summed E-state index contributed by atoms with van der Waals surface area (Å²) in [5, 5.41) is 1.31. The molecule has 2 nitrogen and oxygen atoms in total. The molecule has 1 heterocycles. The molecule has 3 rings (SSSR count). The van der Waals surface area contributed by atoms with Crippen molar-refractivity contribution in [1.29, 1.82) is 0 Å². The van der Waals surface area contributed by atoms with Crippen molar-refractivity contribution < 1.29 is 9.21 Å². The maximum Gasteiger partial charge on any atom is 0.229 e. The summed E-state index contributed by atoms with van der Waals surface area (Å²) in [6, 6.07) is 14.4. The third-order valence-corrected chi connectivity index (χ3v) is 3.65. The second-order valence-corrected chi connectivity index (χ2v) is 5.42. The average molecular weight is 336 g/mol. The maximum absolute atomic E-state index is 12.4. The molecule has 0 amide bonds. The number of benzene rings is 2. The zero-order chi connectivity index (χ0) is 13.4. The average Bonchev–Trinajstić information content (AvgIpc) is 2.84. The lowest BCUT2D eigenvalue weighted by atomic mass is 10.1. The quantitative estimate of drug-likeness (QED) is 0.611. The molecule has 0 aliphatic heterocycles. The van der Waals surface area contributed by atoms with Crippen molar-refractivity contribution >= 4 is 44.3 Å². The van der Waals surface area contributed by atoms with E-state index < -0.39 is 0 Å². The first-order valence-electron chi connectivity index (χ1n) is 5.63. The van der Waals surface area contributed by atoms with Crippen LogP contribution < -0.4 is 0 Å². The van der Waals surface area contributed by atoms with Crippen LogP contribution >= 0.6 is 27.5 Å². The van der Waals surface area contributed by atoms with Gasteiger partial charge in [-0.05, 0) is 30.3 Å². The molecule has 4 heteroatoms. The zero-order valence-corrected chi connectivity index (χ0v) is 12.0. The second-order valence-electron chi connectivity index (χ2n) is 4.10. The molecule has 0 fully saturated rings. The highest BCUT2D eigenvalue weighted by molar-refractivity contribution is 9.10. The van der Waals surface area contributed by atoms with Gasteiger partial charge in [-0.15, -0.1) is 0 Å². The van der Waals surface area contributed by atoms with E-state index >= 15 is 0 Å². The number of hydrogen-bond acceptors (Lipinski definition) is 2. The number of carbonyl (C=O) groups excluding carboxylic acids is 1. The first-order chi connectivity index (χ1) is 9.15. The SMILES string of the molecule is O=C(c1cc2ccccc2o1)c1cc(Br)ccc1Cl. The molecule has 0 saturated heterocycles. The molecule has 0 aliphatic carbocycles. The number of halogens is 2. The van der Waals surface area contributed by atoms with Crippen molar-refractivity contribution in [1.82, 2.24) is 0 Å². The van der Waals surface area contributed by atoms with E-state index in [1.165, 1.54) is 0 Å². The molecular formula is C15H8BrClO2. The van der Waals surface area contributed by atoms with E-state index in [9.17, 15) is 4.79 Å². The molecule has 0 N–H and O–H groups in total. The molecule has 0 atom stereocenters. The van der Waals surface area contributed by atoms with Crippen molar-refractivity contribution in [3.63, 3.8) is 0 Å². The van der Waals surface area contributed by atoms with Crippen LogP contribution in [0.3, 0.4) is 0 Å². The van der Waals surface area contributed by atoms with Crippen LogP contribution in [0.25, 0.3) is 11.0 Å². The number of carbonyl (C=O) groups is 1. The first kappa shape index (κ1) is 12.5. The zero-order valence-electron chi connectivity index (χ0n) is 9.69. The van der Waals surface area contributed by atoms with Gasteiger partial charge in [0.25, 0.3) is 0 Å². The smallest absolute Gasteiger partial charge is 0.229 e. The largest absolute Gasteiger partial charge is 0.453 e. The lowest BCUT2D eigenvalue weighted by molar-refractivity contribution is 0.101. The van der Waals surface area contributed by atoms with Crippen LogP contribution in [0.4, 0.5) is 0 Å². The van der Waals surface area contributed by atoms with E-state index in [0.717, 1.165) is 9.86 Å². The van der Waals surface area contributed by atoms with Crippen LogP contribution in [0, 0.1) is 0 Å². The van der Waals surface area contributed by atoms with Gasteiger partial charge in [-0.2, -0.15) is 0 Å². The third kappa shape index (κ3) is 2.31. The fourth-order valence-electron chi connectivity index (χ4n) is 1.90. The van der Waals surface area contributed by atoms with Crippen molar-refractivity contribution in [2.24, 2.45) is 0 Å². The van der Waals surface area contributed by atoms with Crippen molar-refractivity contribution in [3.05, 3.63) is 69.3 Å². The Labute approximate surface area is 123 Å². The number of fused-ring (bicyclic) bond motifs is 1. The molecule has 0 unspecified atom stereocenters. The lowest BCUT2D eigenvalue weighted by Gasteiger charge is -2.01. The monoisotopic (exact) mass is 334 g/mol. The van der Waals surface area contributed by atoms with Crippen LogP contribution in [0.1, 0.15) is 16.1 Å². The minimum absolute atomic E-state index is 0.220. The highest BCUT2D eigenvalue weighted by Crippen LogP contribution is 2.26. The Hall–Kier alpha value is -1.58. The Bertz CT molecular complexity index is 744. The van der Waals surface area contributed by atoms with E-state index in [1.807, 2.05) is 24.3 Å². The molecule has 94 valence electrons. The normalized spacial score (nSPS) is 10.8. The van der Waals surface area contributed by atoms with Crippen LogP contribution in [0.2, 0.25) is 5.02 Å². The van der Waals surface area contributed by atoms with Crippen LogP contribution in [-0.4, -0.2) is 5.78 Å². The van der Waals surface area contributed by atoms with E-state index in [4.69, 9.17) is 16.0 Å². The van der Waals surface area contributed by atoms with E-state index in [1.54, 1.807) is 24.3 Å². The summed E-state index contributed by atoms with van der Waals surface area (Å²) in [6.45, 7) is 0. The molecule has 0 radical (unpaired) electrons. The van der Waals surface area contributed by atoms with Crippen molar-refractivity contribution in [3.8, 4) is 0 Å². The minimum Gasteiger partial charge on any atom is -0.453 e. The summed E-state index contributed by atoms with van der Waals surface area (Å²) < 4.78 is 6.36. The van der Waals surface area contributed by atoms with Gasteiger partial charge < -0.3 is 4.42 Å². The Balaban J connectivity index is 2.10. The van der Waals surface area contributed by atoms with Crippen molar-refractivity contribution in [2.75, 3.05) is 0 Å². The Morgan fingerprint density at radius 3 is 2.68 bits per heavy atom. The van der Waals surface area contributed by atoms with E-state index in [0.29, 0.717) is 21.9 Å². The van der Waals surface area contributed by atoms with Gasteiger partial charge >= 0.3 is 0 Å². The molecule has 0 saturated carbocycles. The molecule has 3 aromatic rings. The minimum atomic E-state index is -0.220. The van der Waals surface area contributed by atoms with Gasteiger partial charge in [0.2, 0.25) is 5.78 Å². The Kier molecular flexibility index (Phi) is 3.17. The molecule has 0 bridgehead atoms. The van der Waals surface area contributed by atoms with Gasteiger partial charge in [0, 0.05) is 15.4 Å². The molecule has 1 aromatic heterocycles. The molecule has 2 aromatic carbocycles. The van der Waals surface area contributed by atoms with Gasteiger partial charge in [0.05, 0.1) is 5.02 Å².